The highest BCUT2D eigenvalue weighted by Gasteiger charge is 2.08. The Labute approximate surface area is 131 Å². The molecule has 5 heteroatoms. The monoisotopic (exact) mass is 310 g/mol. The fourth-order valence-electron chi connectivity index (χ4n) is 2.06. The Bertz CT molecular complexity index is 813. The van der Waals surface area contributed by atoms with E-state index in [2.05, 4.69) is 10.3 Å². The molecule has 0 atom stereocenters. The summed E-state index contributed by atoms with van der Waals surface area (Å²) in [4.78, 5) is 16.3. The number of pyridine rings is 1. The predicted octanol–water partition coefficient (Wildman–Crippen LogP) is 4.28. The number of hydrogen-bond acceptors (Lipinski definition) is 2. The van der Waals surface area contributed by atoms with E-state index >= 15 is 0 Å². The Hall–Kier alpha value is -3.08. The first-order valence-corrected chi connectivity index (χ1v) is 6.91. The van der Waals surface area contributed by atoms with Crippen LogP contribution in [0.1, 0.15) is 10.4 Å². The Morgan fingerprint density at radius 1 is 0.826 bits per heavy atom. The van der Waals surface area contributed by atoms with Gasteiger partial charge in [0.05, 0.1) is 11.3 Å². The molecular formula is C18H12F2N2O. The molecule has 3 nitrogen and oxygen atoms in total. The van der Waals surface area contributed by atoms with Gasteiger partial charge in [-0.1, -0.05) is 0 Å². The van der Waals surface area contributed by atoms with Crippen LogP contribution in [0.5, 0.6) is 0 Å². The number of halogens is 2. The van der Waals surface area contributed by atoms with Crippen LogP contribution in [-0.2, 0) is 0 Å². The Balaban J connectivity index is 1.74. The largest absolute Gasteiger partial charge is 0.322 e. The number of carbonyl (C=O) groups is 1. The quantitative estimate of drug-likeness (QED) is 0.784. The van der Waals surface area contributed by atoms with Gasteiger partial charge in [-0.3, -0.25) is 9.78 Å². The molecule has 0 fully saturated rings. The van der Waals surface area contributed by atoms with Gasteiger partial charge in [-0.15, -0.1) is 0 Å². The second-order valence-corrected chi connectivity index (χ2v) is 4.90. The molecule has 1 aromatic heterocycles. The Morgan fingerprint density at radius 3 is 2.00 bits per heavy atom. The zero-order chi connectivity index (χ0) is 16.2. The van der Waals surface area contributed by atoms with E-state index in [1.54, 1.807) is 24.3 Å². The molecule has 114 valence electrons. The molecule has 0 radical (unpaired) electrons. The molecule has 23 heavy (non-hydrogen) atoms. The van der Waals surface area contributed by atoms with Crippen LogP contribution in [0.2, 0.25) is 0 Å². The molecule has 0 spiro atoms. The van der Waals surface area contributed by atoms with Crippen molar-refractivity contribution >= 4 is 11.6 Å². The molecule has 3 aromatic rings. The summed E-state index contributed by atoms with van der Waals surface area (Å²) in [5.74, 6) is -1.02. The first-order valence-electron chi connectivity index (χ1n) is 6.91. The van der Waals surface area contributed by atoms with Crippen LogP contribution in [0.3, 0.4) is 0 Å². The minimum atomic E-state index is -0.367. The number of carbonyl (C=O) groups excluding carboxylic acids is 1. The molecule has 0 aliphatic heterocycles. The number of nitrogens with one attached hydrogen (secondary N) is 1. The minimum absolute atomic E-state index is 0.316. The molecule has 0 aliphatic carbocycles. The maximum Gasteiger partial charge on any atom is 0.257 e. The molecule has 0 unspecified atom stereocenters. The van der Waals surface area contributed by atoms with E-state index in [4.69, 9.17) is 0 Å². The van der Waals surface area contributed by atoms with E-state index in [1.807, 2.05) is 0 Å². The van der Waals surface area contributed by atoms with Gasteiger partial charge in [0.1, 0.15) is 11.6 Å². The second-order valence-electron chi connectivity index (χ2n) is 4.90. The van der Waals surface area contributed by atoms with E-state index in [1.165, 1.54) is 42.6 Å². The van der Waals surface area contributed by atoms with Gasteiger partial charge in [0.2, 0.25) is 0 Å². The lowest BCUT2D eigenvalue weighted by atomic mass is 10.1. The summed E-state index contributed by atoms with van der Waals surface area (Å²) in [6.07, 6.45) is 1.44. The second kappa shape index (κ2) is 6.36. The van der Waals surface area contributed by atoms with Crippen LogP contribution in [0.25, 0.3) is 11.3 Å². The van der Waals surface area contributed by atoms with Gasteiger partial charge in [0.15, 0.2) is 0 Å². The van der Waals surface area contributed by atoms with Crippen molar-refractivity contribution in [1.29, 1.82) is 0 Å². The normalized spacial score (nSPS) is 10.3. The average molecular weight is 310 g/mol. The zero-order valence-corrected chi connectivity index (χ0v) is 12.0. The maximum absolute atomic E-state index is 12.9. The molecule has 1 heterocycles. The highest BCUT2D eigenvalue weighted by Crippen LogP contribution is 2.18. The van der Waals surface area contributed by atoms with Crippen LogP contribution in [0, 0.1) is 11.6 Å². The SMILES string of the molecule is O=C(Nc1ccc(F)cc1)c1ccc(-c2ccc(F)cc2)nc1. The summed E-state index contributed by atoms with van der Waals surface area (Å²) in [6, 6.07) is 14.8. The summed E-state index contributed by atoms with van der Waals surface area (Å²) in [5, 5.41) is 2.66. The highest BCUT2D eigenvalue weighted by molar-refractivity contribution is 6.04. The Morgan fingerprint density at radius 2 is 1.43 bits per heavy atom. The molecular weight excluding hydrogens is 298 g/mol. The number of rotatable bonds is 3. The number of anilines is 1. The van der Waals surface area contributed by atoms with E-state index in [0.29, 0.717) is 16.9 Å². The van der Waals surface area contributed by atoms with Crippen LogP contribution >= 0.6 is 0 Å². The van der Waals surface area contributed by atoms with Crippen molar-refractivity contribution in [2.24, 2.45) is 0 Å². The number of amides is 1. The molecule has 2 aromatic carbocycles. The van der Waals surface area contributed by atoms with Crippen LogP contribution in [0.4, 0.5) is 14.5 Å². The molecule has 1 amide bonds. The molecule has 0 saturated heterocycles. The van der Waals surface area contributed by atoms with Crippen molar-refractivity contribution in [3.05, 3.63) is 84.1 Å². The fraction of sp³-hybridized carbons (Fsp3) is 0. The summed E-state index contributed by atoms with van der Waals surface area (Å²) in [6.45, 7) is 0. The van der Waals surface area contributed by atoms with Crippen LogP contribution in [-0.4, -0.2) is 10.9 Å². The van der Waals surface area contributed by atoms with Crippen molar-refractivity contribution in [3.8, 4) is 11.3 Å². The van der Waals surface area contributed by atoms with E-state index < -0.39 is 0 Å². The standard InChI is InChI=1S/C18H12F2N2O/c19-14-4-1-12(2-5-14)17-10-3-13(11-21-17)18(23)22-16-8-6-15(20)7-9-16/h1-11H,(H,22,23). The fourth-order valence-corrected chi connectivity index (χ4v) is 2.06. The molecule has 0 aliphatic rings. The highest BCUT2D eigenvalue weighted by atomic mass is 19.1. The van der Waals surface area contributed by atoms with E-state index in [0.717, 1.165) is 5.56 Å². The molecule has 0 bridgehead atoms. The van der Waals surface area contributed by atoms with Gasteiger partial charge < -0.3 is 5.32 Å². The summed E-state index contributed by atoms with van der Waals surface area (Å²) in [7, 11) is 0. The third kappa shape index (κ3) is 3.58. The summed E-state index contributed by atoms with van der Waals surface area (Å²) >= 11 is 0. The average Bonchev–Trinajstić information content (AvgIpc) is 2.58. The van der Waals surface area contributed by atoms with E-state index in [9.17, 15) is 13.6 Å². The number of hydrogen-bond donors (Lipinski definition) is 1. The molecule has 3 rings (SSSR count). The summed E-state index contributed by atoms with van der Waals surface area (Å²) in [5.41, 5.74) is 2.28. The van der Waals surface area contributed by atoms with Gasteiger partial charge in [-0.2, -0.15) is 0 Å². The van der Waals surface area contributed by atoms with Crippen molar-refractivity contribution in [1.82, 2.24) is 4.98 Å². The summed E-state index contributed by atoms with van der Waals surface area (Å²) < 4.78 is 25.7. The zero-order valence-electron chi connectivity index (χ0n) is 12.0. The lowest BCUT2D eigenvalue weighted by molar-refractivity contribution is 0.102. The number of benzene rings is 2. The smallest absolute Gasteiger partial charge is 0.257 e. The van der Waals surface area contributed by atoms with Gasteiger partial charge >= 0.3 is 0 Å². The van der Waals surface area contributed by atoms with Crippen molar-refractivity contribution in [3.63, 3.8) is 0 Å². The van der Waals surface area contributed by atoms with Crippen molar-refractivity contribution < 1.29 is 13.6 Å². The lowest BCUT2D eigenvalue weighted by Gasteiger charge is -2.06. The minimum Gasteiger partial charge on any atom is -0.322 e. The first kappa shape index (κ1) is 14.8. The molecule has 0 saturated carbocycles. The number of aromatic nitrogens is 1. The third-order valence-electron chi connectivity index (χ3n) is 3.27. The van der Waals surface area contributed by atoms with Crippen LogP contribution in [0.15, 0.2) is 66.9 Å². The van der Waals surface area contributed by atoms with Gasteiger partial charge in [-0.05, 0) is 60.7 Å². The van der Waals surface area contributed by atoms with Crippen molar-refractivity contribution in [2.45, 2.75) is 0 Å². The third-order valence-corrected chi connectivity index (χ3v) is 3.27. The van der Waals surface area contributed by atoms with Crippen LogP contribution < -0.4 is 5.32 Å². The van der Waals surface area contributed by atoms with Gasteiger partial charge in [0, 0.05) is 17.4 Å². The van der Waals surface area contributed by atoms with E-state index in [-0.39, 0.29) is 17.5 Å². The first-order chi connectivity index (χ1) is 11.1. The maximum atomic E-state index is 12.9. The lowest BCUT2D eigenvalue weighted by Crippen LogP contribution is -2.12. The molecule has 1 N–H and O–H groups in total. The topological polar surface area (TPSA) is 42.0 Å². The van der Waals surface area contributed by atoms with Crippen molar-refractivity contribution in [2.75, 3.05) is 5.32 Å². The van der Waals surface area contributed by atoms with Gasteiger partial charge in [0.25, 0.3) is 5.91 Å². The Kier molecular flexibility index (Phi) is 4.10. The number of nitrogens with zero attached hydrogens (tertiary/aromatic N) is 1. The predicted molar refractivity (Wildman–Crippen MR) is 84.0 cm³/mol. The van der Waals surface area contributed by atoms with Gasteiger partial charge in [-0.25, -0.2) is 8.78 Å².